The van der Waals surface area contributed by atoms with E-state index in [9.17, 15) is 14.4 Å². The number of ketones is 1. The highest BCUT2D eigenvalue weighted by atomic mass is 16.5. The van der Waals surface area contributed by atoms with Gasteiger partial charge in [-0.2, -0.15) is 0 Å². The number of anilines is 1. The fourth-order valence-corrected chi connectivity index (χ4v) is 3.12. The van der Waals surface area contributed by atoms with Gasteiger partial charge in [0.05, 0.1) is 25.5 Å². The summed E-state index contributed by atoms with van der Waals surface area (Å²) in [6, 6.07) is 20.6. The zero-order valence-corrected chi connectivity index (χ0v) is 18.5. The van der Waals surface area contributed by atoms with Crippen LogP contribution < -0.4 is 14.8 Å². The summed E-state index contributed by atoms with van der Waals surface area (Å²) in [5.41, 5.74) is 1.88. The normalized spacial score (nSPS) is 10.2. The summed E-state index contributed by atoms with van der Waals surface area (Å²) in [7, 11) is 3.10. The monoisotopic (exact) mass is 447 g/mol. The van der Waals surface area contributed by atoms with Crippen LogP contribution in [0.3, 0.4) is 0 Å². The Labute approximate surface area is 192 Å². The molecule has 3 aromatic carbocycles. The van der Waals surface area contributed by atoms with Crippen molar-refractivity contribution >= 4 is 23.3 Å². The van der Waals surface area contributed by atoms with Crippen LogP contribution in [0.4, 0.5) is 5.69 Å². The second kappa shape index (κ2) is 11.5. The summed E-state index contributed by atoms with van der Waals surface area (Å²) >= 11 is 0. The fourth-order valence-electron chi connectivity index (χ4n) is 3.12. The van der Waals surface area contributed by atoms with Crippen molar-refractivity contribution in [1.82, 2.24) is 0 Å². The summed E-state index contributed by atoms with van der Waals surface area (Å²) in [5.74, 6) is -0.00511. The van der Waals surface area contributed by atoms with Crippen LogP contribution in [0, 0.1) is 0 Å². The van der Waals surface area contributed by atoms with Gasteiger partial charge in [0.15, 0.2) is 12.4 Å². The molecule has 33 heavy (non-hydrogen) atoms. The standard InChI is InChI=1S/C26H25NO6/c1-31-20-13-10-18(11-14-20)12-15-25(29)27-23-9-4-3-8-22(23)26(30)33-17-24(28)19-6-5-7-21(16-19)32-2/h3-11,13-14,16H,12,15,17H2,1-2H3,(H,27,29). The maximum Gasteiger partial charge on any atom is 0.340 e. The minimum Gasteiger partial charge on any atom is -0.497 e. The molecule has 0 aliphatic heterocycles. The molecule has 1 N–H and O–H groups in total. The number of carbonyl (C=O) groups excluding carboxylic acids is 3. The van der Waals surface area contributed by atoms with Gasteiger partial charge >= 0.3 is 5.97 Å². The quantitative estimate of drug-likeness (QED) is 0.368. The minimum absolute atomic E-state index is 0.175. The van der Waals surface area contributed by atoms with Gasteiger partial charge in [-0.05, 0) is 48.4 Å². The average molecular weight is 447 g/mol. The molecule has 0 saturated carbocycles. The first kappa shape index (κ1) is 23.5. The molecule has 0 aliphatic rings. The predicted octanol–water partition coefficient (Wildman–Crippen LogP) is 4.31. The molecule has 3 aromatic rings. The van der Waals surface area contributed by atoms with Gasteiger partial charge in [-0.25, -0.2) is 4.79 Å². The number of para-hydroxylation sites is 1. The van der Waals surface area contributed by atoms with Crippen LogP contribution >= 0.6 is 0 Å². The van der Waals surface area contributed by atoms with Crippen molar-refractivity contribution in [3.63, 3.8) is 0 Å². The van der Waals surface area contributed by atoms with Crippen LogP contribution in [0.15, 0.2) is 72.8 Å². The second-order valence-electron chi connectivity index (χ2n) is 7.17. The SMILES string of the molecule is COc1ccc(CCC(=O)Nc2ccccc2C(=O)OCC(=O)c2cccc(OC)c2)cc1. The van der Waals surface area contributed by atoms with Crippen molar-refractivity contribution in [2.24, 2.45) is 0 Å². The van der Waals surface area contributed by atoms with Crippen LogP contribution in [-0.4, -0.2) is 38.5 Å². The molecule has 0 saturated heterocycles. The number of aryl methyl sites for hydroxylation is 1. The molecule has 0 radical (unpaired) electrons. The Morgan fingerprint density at radius 3 is 2.27 bits per heavy atom. The van der Waals surface area contributed by atoms with Crippen molar-refractivity contribution in [2.45, 2.75) is 12.8 Å². The summed E-state index contributed by atoms with van der Waals surface area (Å²) in [5, 5.41) is 2.75. The Morgan fingerprint density at radius 2 is 1.55 bits per heavy atom. The maximum absolute atomic E-state index is 12.6. The number of amides is 1. The Kier molecular flexibility index (Phi) is 8.18. The summed E-state index contributed by atoms with van der Waals surface area (Å²) in [6.07, 6.45) is 0.779. The van der Waals surface area contributed by atoms with Gasteiger partial charge in [0.1, 0.15) is 11.5 Å². The van der Waals surface area contributed by atoms with Gasteiger partial charge in [0, 0.05) is 12.0 Å². The van der Waals surface area contributed by atoms with Gasteiger partial charge in [0.25, 0.3) is 0 Å². The molecule has 7 heteroatoms. The summed E-state index contributed by atoms with van der Waals surface area (Å²) in [6.45, 7) is -0.425. The second-order valence-corrected chi connectivity index (χ2v) is 7.17. The number of carbonyl (C=O) groups is 3. The van der Waals surface area contributed by atoms with E-state index in [0.717, 1.165) is 11.3 Å². The van der Waals surface area contributed by atoms with Crippen molar-refractivity contribution in [1.29, 1.82) is 0 Å². The van der Waals surface area contributed by atoms with E-state index in [2.05, 4.69) is 5.32 Å². The van der Waals surface area contributed by atoms with Crippen molar-refractivity contribution in [2.75, 3.05) is 26.1 Å². The first-order chi connectivity index (χ1) is 16.0. The molecule has 0 fully saturated rings. The molecule has 0 unspecified atom stereocenters. The topological polar surface area (TPSA) is 90.9 Å². The number of hydrogen-bond donors (Lipinski definition) is 1. The maximum atomic E-state index is 12.6. The minimum atomic E-state index is -0.697. The third-order valence-electron chi connectivity index (χ3n) is 4.95. The Morgan fingerprint density at radius 1 is 0.818 bits per heavy atom. The molecule has 3 rings (SSSR count). The molecule has 0 aliphatic carbocycles. The number of nitrogens with one attached hydrogen (secondary N) is 1. The fraction of sp³-hybridized carbons (Fsp3) is 0.192. The molecule has 0 spiro atoms. The van der Waals surface area contributed by atoms with E-state index in [1.807, 2.05) is 24.3 Å². The van der Waals surface area contributed by atoms with Crippen molar-refractivity contribution in [3.8, 4) is 11.5 Å². The number of methoxy groups -OCH3 is 2. The number of benzene rings is 3. The van der Waals surface area contributed by atoms with Crippen LogP contribution in [0.1, 0.15) is 32.7 Å². The summed E-state index contributed by atoms with van der Waals surface area (Å²) < 4.78 is 15.4. The lowest BCUT2D eigenvalue weighted by Gasteiger charge is -2.11. The molecule has 0 atom stereocenters. The van der Waals surface area contributed by atoms with Gasteiger partial charge in [-0.3, -0.25) is 9.59 Å². The Balaban J connectivity index is 1.57. The highest BCUT2D eigenvalue weighted by Gasteiger charge is 2.17. The number of esters is 1. The highest BCUT2D eigenvalue weighted by Crippen LogP contribution is 2.18. The number of rotatable bonds is 10. The van der Waals surface area contributed by atoms with Crippen molar-refractivity contribution in [3.05, 3.63) is 89.5 Å². The summed E-state index contributed by atoms with van der Waals surface area (Å²) in [4.78, 5) is 37.4. The van der Waals surface area contributed by atoms with Crippen LogP contribution in [0.5, 0.6) is 11.5 Å². The van der Waals surface area contributed by atoms with E-state index in [0.29, 0.717) is 23.4 Å². The smallest absolute Gasteiger partial charge is 0.340 e. The van der Waals surface area contributed by atoms with Gasteiger partial charge in [0.2, 0.25) is 5.91 Å². The predicted molar refractivity (Wildman–Crippen MR) is 124 cm³/mol. The third kappa shape index (κ3) is 6.67. The molecular weight excluding hydrogens is 422 g/mol. The molecule has 0 aromatic heterocycles. The van der Waals surface area contributed by atoms with Crippen LogP contribution in [0.25, 0.3) is 0 Å². The molecule has 0 heterocycles. The molecule has 170 valence electrons. The molecule has 7 nitrogen and oxygen atoms in total. The van der Waals surface area contributed by atoms with E-state index in [-0.39, 0.29) is 23.7 Å². The number of hydrogen-bond acceptors (Lipinski definition) is 6. The highest BCUT2D eigenvalue weighted by molar-refractivity contribution is 6.03. The van der Waals surface area contributed by atoms with E-state index >= 15 is 0 Å². The van der Waals surface area contributed by atoms with Crippen LogP contribution in [-0.2, 0) is 16.0 Å². The Bertz CT molecular complexity index is 1120. The van der Waals surface area contributed by atoms with Gasteiger partial charge in [-0.15, -0.1) is 0 Å². The van der Waals surface area contributed by atoms with Gasteiger partial charge in [-0.1, -0.05) is 36.4 Å². The van der Waals surface area contributed by atoms with E-state index in [1.54, 1.807) is 49.6 Å². The van der Waals surface area contributed by atoms with E-state index in [1.165, 1.54) is 13.2 Å². The average Bonchev–Trinajstić information content (AvgIpc) is 2.86. The number of ether oxygens (including phenoxy) is 3. The van der Waals surface area contributed by atoms with E-state index < -0.39 is 12.6 Å². The third-order valence-corrected chi connectivity index (χ3v) is 4.95. The molecular formula is C26H25NO6. The lowest BCUT2D eigenvalue weighted by atomic mass is 10.1. The zero-order chi connectivity index (χ0) is 23.6. The van der Waals surface area contributed by atoms with Gasteiger partial charge < -0.3 is 19.5 Å². The first-order valence-corrected chi connectivity index (χ1v) is 10.4. The lowest BCUT2D eigenvalue weighted by Crippen LogP contribution is -2.18. The largest absolute Gasteiger partial charge is 0.497 e. The van der Waals surface area contributed by atoms with Crippen LogP contribution in [0.2, 0.25) is 0 Å². The number of Topliss-reactive ketones (excluding diaryl/α,β-unsaturated/α-hetero) is 1. The van der Waals surface area contributed by atoms with Crippen molar-refractivity contribution < 1.29 is 28.6 Å². The Hall–Kier alpha value is -4.13. The zero-order valence-electron chi connectivity index (χ0n) is 18.5. The lowest BCUT2D eigenvalue weighted by molar-refractivity contribution is -0.116. The molecule has 1 amide bonds. The first-order valence-electron chi connectivity index (χ1n) is 10.4. The molecule has 0 bridgehead atoms. The van der Waals surface area contributed by atoms with E-state index in [4.69, 9.17) is 14.2 Å².